The van der Waals surface area contributed by atoms with Crippen LogP contribution in [0.25, 0.3) is 22.7 Å². The highest BCUT2D eigenvalue weighted by atomic mass is 16.5. The summed E-state index contributed by atoms with van der Waals surface area (Å²) in [7, 11) is 2.89. The lowest BCUT2D eigenvalue weighted by atomic mass is 9.88. The van der Waals surface area contributed by atoms with Crippen LogP contribution in [0.3, 0.4) is 0 Å². The molecule has 1 amide bonds. The van der Waals surface area contributed by atoms with E-state index < -0.39 is 17.4 Å². The first-order valence-corrected chi connectivity index (χ1v) is 12.4. The third-order valence-electron chi connectivity index (χ3n) is 6.92. The molecule has 3 heterocycles. The standard InChI is InChI=1S/C29H25N5O5/c1-33-27(36)25(35)23(26-31-21-10-6-7-11-22(21)39-26)32-28(33)34-15-14-17-12-13-19(30-29(37)38-2)16-20(17)24(34)18-8-4-3-5-9-18/h3-13,16,24,35H,14-15H2,1-2H3,(H,30,37). The van der Waals surface area contributed by atoms with Gasteiger partial charge in [-0.2, -0.15) is 0 Å². The fourth-order valence-corrected chi connectivity index (χ4v) is 5.03. The predicted molar refractivity (Wildman–Crippen MR) is 146 cm³/mol. The lowest BCUT2D eigenvalue weighted by molar-refractivity contribution is 0.187. The molecule has 0 aliphatic carbocycles. The van der Waals surface area contributed by atoms with Crippen molar-refractivity contribution in [1.29, 1.82) is 0 Å². The van der Waals surface area contributed by atoms with Gasteiger partial charge in [0.2, 0.25) is 11.7 Å². The minimum atomic E-state index is -0.615. The summed E-state index contributed by atoms with van der Waals surface area (Å²) in [5.74, 6) is -0.127. The van der Waals surface area contributed by atoms with Gasteiger partial charge >= 0.3 is 6.09 Å². The maximum Gasteiger partial charge on any atom is 0.411 e. The van der Waals surface area contributed by atoms with Gasteiger partial charge in [0.1, 0.15) is 5.52 Å². The van der Waals surface area contributed by atoms with E-state index in [1.165, 1.54) is 11.7 Å². The van der Waals surface area contributed by atoms with Crippen molar-refractivity contribution in [2.24, 2.45) is 7.05 Å². The van der Waals surface area contributed by atoms with E-state index in [0.29, 0.717) is 35.7 Å². The third kappa shape index (κ3) is 4.25. The molecule has 3 aromatic carbocycles. The second-order valence-electron chi connectivity index (χ2n) is 9.25. The van der Waals surface area contributed by atoms with Crippen LogP contribution in [0.5, 0.6) is 5.75 Å². The number of carbonyl (C=O) groups excluding carboxylic acids is 1. The molecule has 0 fully saturated rings. The highest BCUT2D eigenvalue weighted by Crippen LogP contribution is 2.39. The predicted octanol–water partition coefficient (Wildman–Crippen LogP) is 4.62. The molecule has 39 heavy (non-hydrogen) atoms. The average molecular weight is 524 g/mol. The Morgan fingerprint density at radius 1 is 1.08 bits per heavy atom. The van der Waals surface area contributed by atoms with Gasteiger partial charge in [-0.15, -0.1) is 0 Å². The molecule has 0 saturated heterocycles. The summed E-state index contributed by atoms with van der Waals surface area (Å²) < 4.78 is 12.0. The maximum atomic E-state index is 13.3. The Kier molecular flexibility index (Phi) is 5.99. The number of para-hydroxylation sites is 2. The van der Waals surface area contributed by atoms with Crippen molar-refractivity contribution in [3.05, 3.63) is 99.8 Å². The number of oxazole rings is 1. The number of fused-ring (bicyclic) bond motifs is 2. The Morgan fingerprint density at radius 2 is 1.85 bits per heavy atom. The van der Waals surface area contributed by atoms with Crippen LogP contribution in [0.1, 0.15) is 22.7 Å². The Morgan fingerprint density at radius 3 is 2.62 bits per heavy atom. The Bertz CT molecular complexity index is 1730. The molecule has 1 atom stereocenters. The normalized spacial score (nSPS) is 14.7. The fraction of sp³-hybridized carbons (Fsp3) is 0.172. The molecule has 196 valence electrons. The monoisotopic (exact) mass is 523 g/mol. The van der Waals surface area contributed by atoms with Gasteiger partial charge in [0.05, 0.1) is 13.2 Å². The molecular formula is C29H25N5O5. The number of benzene rings is 3. The number of amides is 1. The number of anilines is 2. The van der Waals surface area contributed by atoms with Crippen LogP contribution in [0.4, 0.5) is 16.4 Å². The number of rotatable bonds is 4. The molecule has 0 saturated carbocycles. The van der Waals surface area contributed by atoms with Gasteiger partial charge in [-0.3, -0.25) is 14.7 Å². The number of nitrogens with zero attached hydrogens (tertiary/aromatic N) is 4. The quantitative estimate of drug-likeness (QED) is 0.350. The summed E-state index contributed by atoms with van der Waals surface area (Å²) in [6.07, 6.45) is 0.107. The zero-order valence-electron chi connectivity index (χ0n) is 21.3. The first-order chi connectivity index (χ1) is 18.9. The van der Waals surface area contributed by atoms with E-state index in [9.17, 15) is 14.7 Å². The first kappa shape index (κ1) is 24.2. The molecular weight excluding hydrogens is 498 g/mol. The van der Waals surface area contributed by atoms with Crippen LogP contribution in [-0.2, 0) is 18.2 Å². The second-order valence-corrected chi connectivity index (χ2v) is 9.25. The van der Waals surface area contributed by atoms with Crippen LogP contribution in [0.2, 0.25) is 0 Å². The molecule has 10 heteroatoms. The minimum absolute atomic E-state index is 0.0250. The Hall–Kier alpha value is -5.12. The Labute approximate surface area is 223 Å². The number of hydrogen-bond acceptors (Lipinski definition) is 8. The molecule has 0 bridgehead atoms. The SMILES string of the molecule is COC(=O)Nc1ccc2c(c1)C(c1ccccc1)N(c1nc(-c3nc4ccccc4o3)c(O)c(=O)n1C)CC2. The van der Waals surface area contributed by atoms with Crippen molar-refractivity contribution in [2.75, 3.05) is 23.9 Å². The molecule has 0 radical (unpaired) electrons. The van der Waals surface area contributed by atoms with Crippen molar-refractivity contribution < 1.29 is 19.1 Å². The fourth-order valence-electron chi connectivity index (χ4n) is 5.03. The van der Waals surface area contributed by atoms with Gasteiger partial charge in [0.15, 0.2) is 11.3 Å². The summed E-state index contributed by atoms with van der Waals surface area (Å²) in [4.78, 5) is 36.4. The van der Waals surface area contributed by atoms with Gasteiger partial charge in [-0.25, -0.2) is 14.8 Å². The van der Waals surface area contributed by atoms with Gasteiger partial charge in [0.25, 0.3) is 11.4 Å². The van der Waals surface area contributed by atoms with E-state index in [1.807, 2.05) is 65.6 Å². The number of carbonyl (C=O) groups is 1. The number of aromatic nitrogens is 3. The van der Waals surface area contributed by atoms with E-state index in [2.05, 4.69) is 10.3 Å². The molecule has 6 rings (SSSR count). The number of aromatic hydroxyl groups is 1. The summed E-state index contributed by atoms with van der Waals surface area (Å²) in [6, 6.07) is 22.4. The zero-order valence-corrected chi connectivity index (χ0v) is 21.3. The highest BCUT2D eigenvalue weighted by molar-refractivity contribution is 5.85. The van der Waals surface area contributed by atoms with Crippen LogP contribution in [0, 0.1) is 0 Å². The summed E-state index contributed by atoms with van der Waals surface area (Å²) in [5, 5.41) is 13.5. The molecule has 0 spiro atoms. The lowest BCUT2D eigenvalue weighted by Crippen LogP contribution is -2.40. The molecule has 1 aliphatic heterocycles. The number of nitrogens with one attached hydrogen (secondary N) is 1. The number of hydrogen-bond donors (Lipinski definition) is 2. The topological polar surface area (TPSA) is 123 Å². The van der Waals surface area contributed by atoms with Gasteiger partial charge in [-0.1, -0.05) is 48.5 Å². The van der Waals surface area contributed by atoms with Crippen LogP contribution in [-0.4, -0.2) is 39.4 Å². The largest absolute Gasteiger partial charge is 0.501 e. The molecule has 2 N–H and O–H groups in total. The average Bonchev–Trinajstić information content (AvgIpc) is 3.40. The van der Waals surface area contributed by atoms with Crippen molar-refractivity contribution in [3.8, 4) is 17.3 Å². The van der Waals surface area contributed by atoms with E-state index >= 15 is 0 Å². The van der Waals surface area contributed by atoms with Crippen LogP contribution < -0.4 is 15.8 Å². The first-order valence-electron chi connectivity index (χ1n) is 12.4. The van der Waals surface area contributed by atoms with Crippen molar-refractivity contribution >= 4 is 28.8 Å². The minimum Gasteiger partial charge on any atom is -0.501 e. The van der Waals surface area contributed by atoms with Crippen LogP contribution >= 0.6 is 0 Å². The van der Waals surface area contributed by atoms with E-state index in [0.717, 1.165) is 16.7 Å². The number of methoxy groups -OCH3 is 1. The van der Waals surface area contributed by atoms with E-state index in [4.69, 9.17) is 14.1 Å². The van der Waals surface area contributed by atoms with Crippen molar-refractivity contribution in [3.63, 3.8) is 0 Å². The summed E-state index contributed by atoms with van der Waals surface area (Å²) in [6.45, 7) is 0.550. The van der Waals surface area contributed by atoms with Gasteiger partial charge in [0, 0.05) is 19.3 Å². The molecule has 10 nitrogen and oxygen atoms in total. The highest BCUT2D eigenvalue weighted by Gasteiger charge is 2.33. The zero-order chi connectivity index (χ0) is 27.1. The van der Waals surface area contributed by atoms with Crippen LogP contribution in [0.15, 0.2) is 82.0 Å². The summed E-state index contributed by atoms with van der Waals surface area (Å²) in [5.41, 5.74) is 4.10. The van der Waals surface area contributed by atoms with Crippen molar-refractivity contribution in [1.82, 2.24) is 14.5 Å². The number of ether oxygens (including phenoxy) is 1. The van der Waals surface area contributed by atoms with E-state index in [-0.39, 0.29) is 17.6 Å². The van der Waals surface area contributed by atoms with Gasteiger partial charge in [-0.05, 0) is 47.4 Å². The van der Waals surface area contributed by atoms with Gasteiger partial charge < -0.3 is 19.2 Å². The molecule has 1 aliphatic rings. The summed E-state index contributed by atoms with van der Waals surface area (Å²) >= 11 is 0. The molecule has 5 aromatic rings. The second kappa shape index (κ2) is 9.64. The maximum absolute atomic E-state index is 13.3. The van der Waals surface area contributed by atoms with E-state index in [1.54, 1.807) is 19.2 Å². The Balaban J connectivity index is 1.52. The van der Waals surface area contributed by atoms with Crippen molar-refractivity contribution in [2.45, 2.75) is 12.5 Å². The lowest BCUT2D eigenvalue weighted by Gasteiger charge is -2.39. The molecule has 1 unspecified atom stereocenters. The third-order valence-corrected chi connectivity index (χ3v) is 6.92. The smallest absolute Gasteiger partial charge is 0.411 e. The molecule has 2 aromatic heterocycles.